The minimum Gasteiger partial charge on any atom is -0.496 e. The summed E-state index contributed by atoms with van der Waals surface area (Å²) in [5, 5.41) is 0. The van der Waals surface area contributed by atoms with E-state index >= 15 is 0 Å². The summed E-state index contributed by atoms with van der Waals surface area (Å²) in [5.74, 6) is 0.307. The highest BCUT2D eigenvalue weighted by Crippen LogP contribution is 2.19. The largest absolute Gasteiger partial charge is 0.496 e. The van der Waals surface area contributed by atoms with Gasteiger partial charge in [0.15, 0.2) is 5.78 Å². The van der Waals surface area contributed by atoms with Crippen LogP contribution in [-0.2, 0) is 0 Å². The van der Waals surface area contributed by atoms with Crippen molar-refractivity contribution < 1.29 is 13.9 Å². The number of aryl methyl sites for hydroxylation is 1. The molecule has 0 atom stereocenters. The third-order valence-electron chi connectivity index (χ3n) is 2.97. The number of hydrogen-bond donors (Lipinski definition) is 0. The van der Waals surface area contributed by atoms with E-state index in [9.17, 15) is 9.18 Å². The van der Waals surface area contributed by atoms with Gasteiger partial charge in [0.1, 0.15) is 11.6 Å². The van der Waals surface area contributed by atoms with Gasteiger partial charge in [-0.15, -0.1) is 0 Å². The van der Waals surface area contributed by atoms with E-state index in [1.165, 1.54) is 30.3 Å². The third kappa shape index (κ3) is 3.32. The van der Waals surface area contributed by atoms with E-state index in [1.807, 2.05) is 25.1 Å². The Hall–Kier alpha value is -2.42. The Morgan fingerprint density at radius 2 is 1.85 bits per heavy atom. The molecule has 0 heterocycles. The van der Waals surface area contributed by atoms with Gasteiger partial charge < -0.3 is 4.74 Å². The van der Waals surface area contributed by atoms with Crippen molar-refractivity contribution in [1.82, 2.24) is 0 Å². The summed E-state index contributed by atoms with van der Waals surface area (Å²) in [6.07, 6.45) is 3.21. The van der Waals surface area contributed by atoms with Gasteiger partial charge in [-0.2, -0.15) is 0 Å². The molecule has 0 aliphatic rings. The van der Waals surface area contributed by atoms with Crippen LogP contribution in [0.3, 0.4) is 0 Å². The van der Waals surface area contributed by atoms with Crippen LogP contribution in [-0.4, -0.2) is 12.9 Å². The van der Waals surface area contributed by atoms with Crippen molar-refractivity contribution in [2.24, 2.45) is 0 Å². The number of hydrogen-bond acceptors (Lipinski definition) is 2. The first-order valence-corrected chi connectivity index (χ1v) is 6.23. The molecule has 2 aromatic rings. The highest BCUT2D eigenvalue weighted by atomic mass is 19.1. The quantitative estimate of drug-likeness (QED) is 0.619. The Bertz CT molecular complexity index is 643. The first kappa shape index (κ1) is 14.0. The minimum absolute atomic E-state index is 0.154. The van der Waals surface area contributed by atoms with Gasteiger partial charge in [0.2, 0.25) is 0 Å². The summed E-state index contributed by atoms with van der Waals surface area (Å²) in [4.78, 5) is 11.9. The SMILES string of the molecule is COc1ccc(/C=C/C(=O)c2ccc(F)cc2)cc1C. The number of methoxy groups -OCH3 is 1. The zero-order valence-electron chi connectivity index (χ0n) is 11.4. The van der Waals surface area contributed by atoms with Gasteiger partial charge in [-0.25, -0.2) is 4.39 Å². The van der Waals surface area contributed by atoms with Crippen molar-refractivity contribution >= 4 is 11.9 Å². The Morgan fingerprint density at radius 1 is 1.15 bits per heavy atom. The maximum absolute atomic E-state index is 12.8. The predicted octanol–water partition coefficient (Wildman–Crippen LogP) is 4.04. The molecule has 0 unspecified atom stereocenters. The van der Waals surface area contributed by atoms with Crippen LogP contribution in [0.4, 0.5) is 4.39 Å². The number of ether oxygens (including phenoxy) is 1. The van der Waals surface area contributed by atoms with E-state index < -0.39 is 0 Å². The Balaban J connectivity index is 2.14. The van der Waals surface area contributed by atoms with E-state index in [2.05, 4.69) is 0 Å². The number of benzene rings is 2. The van der Waals surface area contributed by atoms with Crippen LogP contribution in [0, 0.1) is 12.7 Å². The van der Waals surface area contributed by atoms with Crippen LogP contribution in [0.25, 0.3) is 6.08 Å². The van der Waals surface area contributed by atoms with E-state index in [-0.39, 0.29) is 11.6 Å². The normalized spacial score (nSPS) is 10.8. The van der Waals surface area contributed by atoms with Crippen LogP contribution >= 0.6 is 0 Å². The number of halogens is 1. The molecule has 20 heavy (non-hydrogen) atoms. The molecule has 0 saturated carbocycles. The number of carbonyl (C=O) groups is 1. The van der Waals surface area contributed by atoms with Crippen molar-refractivity contribution in [2.45, 2.75) is 6.92 Å². The molecule has 0 aromatic heterocycles. The molecule has 0 aliphatic heterocycles. The van der Waals surface area contributed by atoms with Crippen molar-refractivity contribution in [3.8, 4) is 5.75 Å². The molecule has 2 aromatic carbocycles. The molecule has 2 rings (SSSR count). The van der Waals surface area contributed by atoms with E-state index in [4.69, 9.17) is 4.74 Å². The number of carbonyl (C=O) groups excluding carboxylic acids is 1. The fraction of sp³-hybridized carbons (Fsp3) is 0.118. The number of ketones is 1. The van der Waals surface area contributed by atoms with Gasteiger partial charge >= 0.3 is 0 Å². The predicted molar refractivity (Wildman–Crippen MR) is 77.5 cm³/mol. The second kappa shape index (κ2) is 6.15. The molecule has 0 radical (unpaired) electrons. The molecular formula is C17H15FO2. The topological polar surface area (TPSA) is 26.3 Å². The molecule has 0 spiro atoms. The zero-order chi connectivity index (χ0) is 14.5. The van der Waals surface area contributed by atoms with Crippen molar-refractivity contribution in [2.75, 3.05) is 7.11 Å². The van der Waals surface area contributed by atoms with Crippen molar-refractivity contribution in [3.63, 3.8) is 0 Å². The summed E-state index contributed by atoms with van der Waals surface area (Å²) < 4.78 is 18.0. The Morgan fingerprint density at radius 3 is 2.45 bits per heavy atom. The highest BCUT2D eigenvalue weighted by molar-refractivity contribution is 6.06. The van der Waals surface area contributed by atoms with E-state index in [0.717, 1.165) is 16.9 Å². The lowest BCUT2D eigenvalue weighted by Crippen LogP contribution is -1.94. The summed E-state index contributed by atoms with van der Waals surface area (Å²) >= 11 is 0. The van der Waals surface area contributed by atoms with Gasteiger partial charge in [0, 0.05) is 5.56 Å². The summed E-state index contributed by atoms with van der Waals surface area (Å²) in [5.41, 5.74) is 2.38. The van der Waals surface area contributed by atoms with E-state index in [1.54, 1.807) is 13.2 Å². The fourth-order valence-corrected chi connectivity index (χ4v) is 1.89. The average Bonchev–Trinajstić information content (AvgIpc) is 2.45. The minimum atomic E-state index is -0.351. The lowest BCUT2D eigenvalue weighted by atomic mass is 10.1. The monoisotopic (exact) mass is 270 g/mol. The molecular weight excluding hydrogens is 255 g/mol. The zero-order valence-corrected chi connectivity index (χ0v) is 11.4. The molecule has 0 amide bonds. The molecule has 2 nitrogen and oxygen atoms in total. The molecule has 0 fully saturated rings. The molecule has 0 bridgehead atoms. The van der Waals surface area contributed by atoms with Crippen LogP contribution in [0.2, 0.25) is 0 Å². The second-order valence-electron chi connectivity index (χ2n) is 4.43. The summed E-state index contributed by atoms with van der Waals surface area (Å²) in [6, 6.07) is 11.2. The number of allylic oxidation sites excluding steroid dienone is 1. The smallest absolute Gasteiger partial charge is 0.185 e. The van der Waals surface area contributed by atoms with Crippen molar-refractivity contribution in [1.29, 1.82) is 0 Å². The average molecular weight is 270 g/mol. The third-order valence-corrected chi connectivity index (χ3v) is 2.97. The van der Waals surface area contributed by atoms with Gasteiger partial charge in [0.05, 0.1) is 7.11 Å². The van der Waals surface area contributed by atoms with Gasteiger partial charge in [-0.1, -0.05) is 12.1 Å². The first-order chi connectivity index (χ1) is 9.60. The maximum Gasteiger partial charge on any atom is 0.185 e. The summed E-state index contributed by atoms with van der Waals surface area (Å²) in [7, 11) is 1.62. The molecule has 3 heteroatoms. The Labute approximate surface area is 117 Å². The molecule has 0 saturated heterocycles. The molecule has 0 N–H and O–H groups in total. The lowest BCUT2D eigenvalue weighted by molar-refractivity contribution is 0.104. The molecule has 0 aliphatic carbocycles. The van der Waals surface area contributed by atoms with E-state index in [0.29, 0.717) is 5.56 Å². The van der Waals surface area contributed by atoms with Crippen LogP contribution in [0.1, 0.15) is 21.5 Å². The first-order valence-electron chi connectivity index (χ1n) is 6.23. The van der Waals surface area contributed by atoms with Gasteiger partial charge in [-0.3, -0.25) is 4.79 Å². The standard InChI is InChI=1S/C17H15FO2/c1-12-11-13(4-10-17(12)20-2)3-9-16(19)14-5-7-15(18)8-6-14/h3-11H,1-2H3/b9-3+. The second-order valence-corrected chi connectivity index (χ2v) is 4.43. The Kier molecular flexibility index (Phi) is 4.31. The highest BCUT2D eigenvalue weighted by Gasteiger charge is 2.02. The van der Waals surface area contributed by atoms with Gasteiger partial charge in [-0.05, 0) is 60.5 Å². The number of rotatable bonds is 4. The van der Waals surface area contributed by atoms with Gasteiger partial charge in [0.25, 0.3) is 0 Å². The van der Waals surface area contributed by atoms with Crippen molar-refractivity contribution in [3.05, 3.63) is 71.0 Å². The van der Waals surface area contributed by atoms with Crippen LogP contribution < -0.4 is 4.74 Å². The molecule has 102 valence electrons. The lowest BCUT2D eigenvalue weighted by Gasteiger charge is -2.04. The maximum atomic E-state index is 12.8. The van der Waals surface area contributed by atoms with Crippen LogP contribution in [0.5, 0.6) is 5.75 Å². The summed E-state index contributed by atoms with van der Waals surface area (Å²) in [6.45, 7) is 1.94. The van der Waals surface area contributed by atoms with Crippen LogP contribution in [0.15, 0.2) is 48.5 Å². The fourth-order valence-electron chi connectivity index (χ4n) is 1.89.